The minimum atomic E-state index is 0.617. The molecule has 0 saturated carbocycles. The van der Waals surface area contributed by atoms with Crippen LogP contribution in [0.15, 0.2) is 35.7 Å². The normalized spacial score (nSPS) is 12.1. The van der Waals surface area contributed by atoms with Gasteiger partial charge in [0.25, 0.3) is 0 Å². The Hall–Kier alpha value is -2.16. The van der Waals surface area contributed by atoms with Crippen LogP contribution in [0, 0.1) is 4.77 Å². The summed E-state index contributed by atoms with van der Waals surface area (Å²) in [6, 6.07) is 10.2. The van der Waals surface area contributed by atoms with Crippen LogP contribution in [0.1, 0.15) is 19.4 Å². The molecule has 1 atom stereocenters. The van der Waals surface area contributed by atoms with Crippen LogP contribution in [0.3, 0.4) is 0 Å². The zero-order chi connectivity index (χ0) is 20.1. The molecule has 28 heavy (non-hydrogen) atoms. The fourth-order valence-electron chi connectivity index (χ4n) is 3.17. The van der Waals surface area contributed by atoms with E-state index in [1.807, 2.05) is 29.8 Å². The third-order valence-corrected chi connectivity index (χ3v) is 5.73. The van der Waals surface area contributed by atoms with Crippen LogP contribution in [0.25, 0.3) is 10.7 Å². The Labute approximate surface area is 174 Å². The van der Waals surface area contributed by atoms with Gasteiger partial charge in [-0.05, 0) is 55.7 Å². The van der Waals surface area contributed by atoms with Crippen molar-refractivity contribution in [1.29, 1.82) is 0 Å². The number of nitrogens with zero attached hydrogens (tertiary/aromatic N) is 3. The molecule has 0 saturated heterocycles. The van der Waals surface area contributed by atoms with E-state index in [0.29, 0.717) is 13.3 Å². The molecule has 2 heterocycles. The second-order valence-electron chi connectivity index (χ2n) is 6.54. The molecule has 0 aliphatic carbocycles. The molecule has 150 valence electrons. The first-order valence-corrected chi connectivity index (χ1v) is 10.7. The lowest BCUT2D eigenvalue weighted by atomic mass is 10.2. The van der Waals surface area contributed by atoms with E-state index in [2.05, 4.69) is 36.1 Å². The van der Waals surface area contributed by atoms with Crippen LogP contribution in [0.5, 0.6) is 11.5 Å². The van der Waals surface area contributed by atoms with Crippen molar-refractivity contribution in [3.05, 3.63) is 46.0 Å². The molecule has 1 N–H and O–H groups in total. The highest BCUT2D eigenvalue weighted by atomic mass is 32.1. The van der Waals surface area contributed by atoms with Crippen molar-refractivity contribution in [2.45, 2.75) is 33.6 Å². The van der Waals surface area contributed by atoms with Gasteiger partial charge in [0.2, 0.25) is 4.77 Å². The van der Waals surface area contributed by atoms with E-state index < -0.39 is 0 Å². The predicted octanol–water partition coefficient (Wildman–Crippen LogP) is 3.24. The number of quaternary nitrogens is 1. The van der Waals surface area contributed by atoms with Crippen LogP contribution in [0.2, 0.25) is 0 Å². The monoisotopic (exact) mass is 419 g/mol. The van der Waals surface area contributed by atoms with Gasteiger partial charge in [0.15, 0.2) is 24.0 Å². The molecule has 3 aromatic rings. The number of nitrogens with one attached hydrogen (secondary N) is 1. The van der Waals surface area contributed by atoms with E-state index >= 15 is 0 Å². The van der Waals surface area contributed by atoms with Crippen LogP contribution >= 0.6 is 23.6 Å². The van der Waals surface area contributed by atoms with E-state index in [1.165, 1.54) is 10.5 Å². The molecule has 6 nitrogen and oxygen atoms in total. The first-order valence-electron chi connectivity index (χ1n) is 9.39. The first-order chi connectivity index (χ1) is 13.6. The van der Waals surface area contributed by atoms with Crippen molar-refractivity contribution in [3.8, 4) is 22.2 Å². The molecule has 0 spiro atoms. The van der Waals surface area contributed by atoms with Crippen LogP contribution in [-0.2, 0) is 19.8 Å². The van der Waals surface area contributed by atoms with Crippen LogP contribution < -0.4 is 14.4 Å². The minimum Gasteiger partial charge on any atom is -0.493 e. The molecule has 2 aromatic heterocycles. The quantitative estimate of drug-likeness (QED) is 0.541. The summed E-state index contributed by atoms with van der Waals surface area (Å²) in [6.07, 6.45) is 0. The van der Waals surface area contributed by atoms with Gasteiger partial charge in [-0.25, -0.2) is 0 Å². The topological polar surface area (TPSA) is 45.7 Å². The standard InChI is InChI=1S/C20H26N4O2S2/c1-5-23-19(18-8-7-11-28-18)21-24(20(23)27)14-22(3)13-15-9-10-16(26-6-2)17(12-15)25-4/h7-12H,5-6,13-14H2,1-4H3/p+1. The van der Waals surface area contributed by atoms with E-state index in [4.69, 9.17) is 26.8 Å². The molecule has 0 aliphatic rings. The second-order valence-corrected chi connectivity index (χ2v) is 7.85. The predicted molar refractivity (Wildman–Crippen MR) is 115 cm³/mol. The average molecular weight is 420 g/mol. The van der Waals surface area contributed by atoms with Gasteiger partial charge in [-0.1, -0.05) is 6.07 Å². The fourth-order valence-corrected chi connectivity index (χ4v) is 4.21. The highest BCUT2D eigenvalue weighted by Crippen LogP contribution is 2.27. The maximum absolute atomic E-state index is 5.67. The number of benzene rings is 1. The number of thiophene rings is 1. The molecular formula is C20H27N4O2S2+. The van der Waals surface area contributed by atoms with Gasteiger partial charge in [-0.15, -0.1) is 16.4 Å². The Balaban J connectivity index is 1.77. The van der Waals surface area contributed by atoms with Crippen molar-refractivity contribution in [3.63, 3.8) is 0 Å². The number of ether oxygens (including phenoxy) is 2. The van der Waals surface area contributed by atoms with E-state index in [-0.39, 0.29) is 0 Å². The zero-order valence-corrected chi connectivity index (χ0v) is 18.4. The second kappa shape index (κ2) is 9.36. The van der Waals surface area contributed by atoms with Crippen LogP contribution in [0.4, 0.5) is 0 Å². The van der Waals surface area contributed by atoms with Gasteiger partial charge in [0.1, 0.15) is 6.54 Å². The molecule has 0 fully saturated rings. The number of rotatable bonds is 9. The Kier molecular flexibility index (Phi) is 6.88. The molecule has 3 rings (SSSR count). The number of hydrogen-bond donors (Lipinski definition) is 1. The van der Waals surface area contributed by atoms with E-state index in [9.17, 15) is 0 Å². The van der Waals surface area contributed by atoms with Gasteiger partial charge in [0, 0.05) is 12.1 Å². The smallest absolute Gasteiger partial charge is 0.203 e. The Morgan fingerprint density at radius 3 is 2.68 bits per heavy atom. The minimum absolute atomic E-state index is 0.617. The Morgan fingerprint density at radius 2 is 2.04 bits per heavy atom. The van der Waals surface area contributed by atoms with Gasteiger partial charge >= 0.3 is 0 Å². The maximum atomic E-state index is 5.67. The fraction of sp³-hybridized carbons (Fsp3) is 0.400. The summed E-state index contributed by atoms with van der Waals surface area (Å²) < 4.78 is 15.8. The number of methoxy groups -OCH3 is 1. The maximum Gasteiger partial charge on any atom is 0.203 e. The van der Waals surface area contributed by atoms with Crippen molar-refractivity contribution < 1.29 is 14.4 Å². The van der Waals surface area contributed by atoms with Crippen molar-refractivity contribution in [2.75, 3.05) is 20.8 Å². The molecule has 1 aromatic carbocycles. The van der Waals surface area contributed by atoms with Gasteiger partial charge < -0.3 is 14.4 Å². The molecular weight excluding hydrogens is 392 g/mol. The van der Waals surface area contributed by atoms with E-state index in [1.54, 1.807) is 18.4 Å². The lowest BCUT2D eigenvalue weighted by Crippen LogP contribution is -3.07. The average Bonchev–Trinajstić information content (AvgIpc) is 3.31. The highest BCUT2D eigenvalue weighted by Gasteiger charge is 2.15. The van der Waals surface area contributed by atoms with Gasteiger partial charge in [0.05, 0.1) is 25.6 Å². The molecule has 0 bridgehead atoms. The molecule has 8 heteroatoms. The number of aromatic nitrogens is 3. The lowest BCUT2D eigenvalue weighted by Gasteiger charge is -2.15. The largest absolute Gasteiger partial charge is 0.493 e. The molecule has 0 radical (unpaired) electrons. The van der Waals surface area contributed by atoms with Crippen LogP contribution in [-0.4, -0.2) is 35.1 Å². The highest BCUT2D eigenvalue weighted by molar-refractivity contribution is 7.71. The molecule has 0 amide bonds. The Bertz CT molecular complexity index is 963. The van der Waals surface area contributed by atoms with Crippen molar-refractivity contribution >= 4 is 23.6 Å². The SMILES string of the molecule is CCOc1ccc(C[NH+](C)Cn2nc(-c3cccs3)n(CC)c2=S)cc1OC. The summed E-state index contributed by atoms with van der Waals surface area (Å²) >= 11 is 7.36. The number of hydrogen-bond acceptors (Lipinski definition) is 5. The summed E-state index contributed by atoms with van der Waals surface area (Å²) in [7, 11) is 3.81. The van der Waals surface area contributed by atoms with Crippen molar-refractivity contribution in [1.82, 2.24) is 14.3 Å². The van der Waals surface area contributed by atoms with Crippen molar-refractivity contribution in [2.24, 2.45) is 0 Å². The van der Waals surface area contributed by atoms with Gasteiger partial charge in [-0.3, -0.25) is 4.57 Å². The van der Waals surface area contributed by atoms with Gasteiger partial charge in [-0.2, -0.15) is 4.68 Å². The third-order valence-electron chi connectivity index (χ3n) is 4.43. The summed E-state index contributed by atoms with van der Waals surface area (Å²) in [6.45, 7) is 7.01. The first kappa shape index (κ1) is 20.6. The third kappa shape index (κ3) is 4.45. The summed E-state index contributed by atoms with van der Waals surface area (Å²) in [5.74, 6) is 2.48. The summed E-state index contributed by atoms with van der Waals surface area (Å²) in [5, 5.41) is 6.86. The lowest BCUT2D eigenvalue weighted by molar-refractivity contribution is -0.917. The Morgan fingerprint density at radius 1 is 1.21 bits per heavy atom. The zero-order valence-electron chi connectivity index (χ0n) is 16.8. The molecule has 0 aliphatic heterocycles. The van der Waals surface area contributed by atoms with E-state index in [0.717, 1.165) is 40.1 Å². The summed E-state index contributed by atoms with van der Waals surface area (Å²) in [4.78, 5) is 2.42. The molecule has 1 unspecified atom stereocenters. The summed E-state index contributed by atoms with van der Waals surface area (Å²) in [5.41, 5.74) is 1.18.